The number of aryl methyl sites for hydroxylation is 1. The summed E-state index contributed by atoms with van der Waals surface area (Å²) < 4.78 is 2.00. The van der Waals surface area contributed by atoms with Crippen molar-refractivity contribution in [3.05, 3.63) is 35.5 Å². The quantitative estimate of drug-likeness (QED) is 0.743. The van der Waals surface area contributed by atoms with Crippen LogP contribution in [0.4, 0.5) is 0 Å². The highest BCUT2D eigenvalue weighted by molar-refractivity contribution is 6.04. The van der Waals surface area contributed by atoms with Gasteiger partial charge in [-0.3, -0.25) is 9.80 Å². The summed E-state index contributed by atoms with van der Waals surface area (Å²) in [5.74, 6) is 0.0868. The van der Waals surface area contributed by atoms with Gasteiger partial charge in [0.25, 0.3) is 5.91 Å². The third kappa shape index (κ3) is 1.24. The first-order valence-corrected chi connectivity index (χ1v) is 5.66. The third-order valence-electron chi connectivity index (χ3n) is 3.44. The van der Waals surface area contributed by atoms with Gasteiger partial charge in [-0.05, 0) is 6.07 Å². The molecule has 0 saturated carbocycles. The maximum absolute atomic E-state index is 12.3. The average molecular weight is 229 g/mol. The standard InChI is InChI=1S/C13H15N3O/c1-14(2)16-8-10-9-6-4-5-7-11(9)15(3)12(10)13(16)17/h4-7H,8H2,1-3H3. The molecule has 2 heterocycles. The molecular formula is C13H15N3O. The average Bonchev–Trinajstić information content (AvgIpc) is 2.78. The number of amides is 1. The van der Waals surface area contributed by atoms with E-state index < -0.39 is 0 Å². The topological polar surface area (TPSA) is 28.5 Å². The maximum atomic E-state index is 12.3. The number of hydrogen-bond donors (Lipinski definition) is 0. The smallest absolute Gasteiger partial charge is 0.285 e. The van der Waals surface area contributed by atoms with Crippen molar-refractivity contribution in [2.75, 3.05) is 14.1 Å². The molecule has 0 N–H and O–H groups in total. The van der Waals surface area contributed by atoms with Gasteiger partial charge in [0.05, 0.1) is 6.54 Å². The molecular weight excluding hydrogens is 214 g/mol. The second-order valence-corrected chi connectivity index (χ2v) is 4.61. The number of hydrazine groups is 1. The van der Waals surface area contributed by atoms with Crippen LogP contribution in [0.2, 0.25) is 0 Å². The molecule has 0 saturated heterocycles. The van der Waals surface area contributed by atoms with Crippen molar-refractivity contribution in [1.82, 2.24) is 14.6 Å². The molecule has 4 nitrogen and oxygen atoms in total. The van der Waals surface area contributed by atoms with E-state index >= 15 is 0 Å². The van der Waals surface area contributed by atoms with Crippen molar-refractivity contribution in [2.24, 2.45) is 7.05 Å². The fourth-order valence-corrected chi connectivity index (χ4v) is 2.57. The summed E-state index contributed by atoms with van der Waals surface area (Å²) in [6.07, 6.45) is 0. The summed E-state index contributed by atoms with van der Waals surface area (Å²) in [5.41, 5.74) is 3.09. The Balaban J connectivity index is 2.26. The van der Waals surface area contributed by atoms with Crippen molar-refractivity contribution in [2.45, 2.75) is 6.54 Å². The van der Waals surface area contributed by atoms with Crippen LogP contribution in [0.25, 0.3) is 10.9 Å². The molecule has 1 aliphatic heterocycles. The molecule has 0 unspecified atom stereocenters. The number of aromatic nitrogens is 1. The van der Waals surface area contributed by atoms with E-state index in [9.17, 15) is 4.79 Å². The van der Waals surface area contributed by atoms with Crippen LogP contribution >= 0.6 is 0 Å². The summed E-state index contributed by atoms with van der Waals surface area (Å²) in [4.78, 5) is 12.3. The van der Waals surface area contributed by atoms with Crippen LogP contribution < -0.4 is 0 Å². The maximum Gasteiger partial charge on any atom is 0.285 e. The zero-order chi connectivity index (χ0) is 12.2. The molecule has 2 aromatic rings. The van der Waals surface area contributed by atoms with Gasteiger partial charge in [-0.2, -0.15) is 0 Å². The minimum atomic E-state index is 0.0868. The van der Waals surface area contributed by atoms with E-state index in [-0.39, 0.29) is 5.91 Å². The monoisotopic (exact) mass is 229 g/mol. The lowest BCUT2D eigenvalue weighted by Gasteiger charge is -2.23. The zero-order valence-corrected chi connectivity index (χ0v) is 10.3. The molecule has 3 rings (SSSR count). The Bertz CT molecular complexity index is 612. The SMILES string of the molecule is CN(C)N1Cc2c(n(C)c3ccccc23)C1=O. The van der Waals surface area contributed by atoms with Gasteiger partial charge in [-0.1, -0.05) is 18.2 Å². The first-order valence-electron chi connectivity index (χ1n) is 5.66. The van der Waals surface area contributed by atoms with Crippen molar-refractivity contribution in [3.8, 4) is 0 Å². The second kappa shape index (κ2) is 3.34. The molecule has 0 bridgehead atoms. The summed E-state index contributed by atoms with van der Waals surface area (Å²) in [6.45, 7) is 0.669. The van der Waals surface area contributed by atoms with E-state index in [0.717, 1.165) is 16.8 Å². The van der Waals surface area contributed by atoms with Crippen LogP contribution in [0, 0.1) is 0 Å². The Labute approximate surface area is 100 Å². The van der Waals surface area contributed by atoms with Gasteiger partial charge in [-0.25, -0.2) is 5.01 Å². The Morgan fingerprint density at radius 1 is 1.24 bits per heavy atom. The van der Waals surface area contributed by atoms with Crippen molar-refractivity contribution < 1.29 is 4.79 Å². The number of nitrogens with zero attached hydrogens (tertiary/aromatic N) is 3. The van der Waals surface area contributed by atoms with Gasteiger partial charge in [0, 0.05) is 37.6 Å². The minimum absolute atomic E-state index is 0.0868. The summed E-state index contributed by atoms with van der Waals surface area (Å²) >= 11 is 0. The Morgan fingerprint density at radius 2 is 1.94 bits per heavy atom. The van der Waals surface area contributed by atoms with Gasteiger partial charge in [0.15, 0.2) is 0 Å². The number of fused-ring (bicyclic) bond motifs is 3. The van der Waals surface area contributed by atoms with Gasteiger partial charge in [0.2, 0.25) is 0 Å². The summed E-state index contributed by atoms with van der Waals surface area (Å²) in [6, 6.07) is 8.17. The van der Waals surface area contributed by atoms with Crippen LogP contribution in [-0.2, 0) is 13.6 Å². The van der Waals surface area contributed by atoms with Crippen molar-refractivity contribution in [3.63, 3.8) is 0 Å². The molecule has 4 heteroatoms. The largest absolute Gasteiger partial charge is 0.339 e. The van der Waals surface area contributed by atoms with E-state index in [4.69, 9.17) is 0 Å². The molecule has 88 valence electrons. The van der Waals surface area contributed by atoms with E-state index in [0.29, 0.717) is 6.54 Å². The minimum Gasteiger partial charge on any atom is -0.339 e. The lowest BCUT2D eigenvalue weighted by Crippen LogP contribution is -2.37. The Hall–Kier alpha value is -1.81. The second-order valence-electron chi connectivity index (χ2n) is 4.61. The number of hydrogen-bond acceptors (Lipinski definition) is 2. The van der Waals surface area contributed by atoms with Crippen LogP contribution in [0.5, 0.6) is 0 Å². The highest BCUT2D eigenvalue weighted by Gasteiger charge is 2.33. The van der Waals surface area contributed by atoms with Gasteiger partial charge in [0.1, 0.15) is 5.69 Å². The molecule has 1 aliphatic rings. The first-order chi connectivity index (χ1) is 8.11. The van der Waals surface area contributed by atoms with Crippen molar-refractivity contribution in [1.29, 1.82) is 0 Å². The third-order valence-corrected chi connectivity index (χ3v) is 3.44. The zero-order valence-electron chi connectivity index (χ0n) is 10.3. The van der Waals surface area contributed by atoms with Crippen molar-refractivity contribution >= 4 is 16.8 Å². The number of carbonyl (C=O) groups excluding carboxylic acids is 1. The lowest BCUT2D eigenvalue weighted by atomic mass is 10.1. The highest BCUT2D eigenvalue weighted by Crippen LogP contribution is 2.32. The van der Waals surface area contributed by atoms with Crippen LogP contribution in [0.1, 0.15) is 16.1 Å². The molecule has 0 radical (unpaired) electrons. The fourth-order valence-electron chi connectivity index (χ4n) is 2.57. The first kappa shape index (κ1) is 10.4. The predicted octanol–water partition coefficient (Wildman–Crippen LogP) is 1.61. The van der Waals surface area contributed by atoms with E-state index in [1.165, 1.54) is 5.39 Å². The Kier molecular flexibility index (Phi) is 2.03. The molecule has 0 aliphatic carbocycles. The van der Waals surface area contributed by atoms with Crippen LogP contribution in [-0.4, -0.2) is 34.6 Å². The number of benzene rings is 1. The van der Waals surface area contributed by atoms with Gasteiger partial charge < -0.3 is 4.57 Å². The molecule has 0 spiro atoms. The number of rotatable bonds is 1. The number of carbonyl (C=O) groups is 1. The molecule has 0 fully saturated rings. The number of para-hydroxylation sites is 1. The van der Waals surface area contributed by atoms with E-state index in [1.807, 2.05) is 42.9 Å². The highest BCUT2D eigenvalue weighted by atomic mass is 16.2. The molecule has 17 heavy (non-hydrogen) atoms. The van der Waals surface area contributed by atoms with Crippen LogP contribution in [0.3, 0.4) is 0 Å². The van der Waals surface area contributed by atoms with Gasteiger partial charge >= 0.3 is 0 Å². The summed E-state index contributed by atoms with van der Waals surface area (Å²) in [5, 5.41) is 4.79. The molecule has 0 atom stereocenters. The Morgan fingerprint density at radius 3 is 2.65 bits per heavy atom. The van der Waals surface area contributed by atoms with E-state index in [1.54, 1.807) is 5.01 Å². The predicted molar refractivity (Wildman–Crippen MR) is 66.5 cm³/mol. The van der Waals surface area contributed by atoms with Crippen LogP contribution in [0.15, 0.2) is 24.3 Å². The normalized spacial score (nSPS) is 15.1. The fraction of sp³-hybridized carbons (Fsp3) is 0.308. The molecule has 1 aromatic heterocycles. The molecule has 1 amide bonds. The lowest BCUT2D eigenvalue weighted by molar-refractivity contribution is 0.0218. The van der Waals surface area contributed by atoms with E-state index in [2.05, 4.69) is 12.1 Å². The molecule has 1 aromatic carbocycles. The van der Waals surface area contributed by atoms with Gasteiger partial charge in [-0.15, -0.1) is 0 Å². The summed E-state index contributed by atoms with van der Waals surface area (Å²) in [7, 11) is 5.75.